The highest BCUT2D eigenvalue weighted by molar-refractivity contribution is 7.13. The number of benzene rings is 1. The number of aromatic nitrogens is 1. The number of carbonyl (C=O) groups excluding carboxylic acids is 3. The predicted octanol–water partition coefficient (Wildman–Crippen LogP) is 3.08. The number of hydrogen-bond donors (Lipinski definition) is 4. The van der Waals surface area contributed by atoms with Gasteiger partial charge in [0.2, 0.25) is 17.7 Å². The molecule has 1 aromatic heterocycles. The first kappa shape index (κ1) is 34.0. The molecule has 11 heteroatoms. The van der Waals surface area contributed by atoms with Crippen LogP contribution in [0.25, 0.3) is 10.4 Å². The maximum absolute atomic E-state index is 13.8. The minimum Gasteiger partial charge on any atom is -0.391 e. The van der Waals surface area contributed by atoms with E-state index in [0.29, 0.717) is 13.0 Å². The third-order valence-corrected chi connectivity index (χ3v) is 9.53. The molecule has 44 heavy (non-hydrogen) atoms. The number of carbonyl (C=O) groups is 3. The van der Waals surface area contributed by atoms with E-state index in [1.807, 2.05) is 57.5 Å². The van der Waals surface area contributed by atoms with E-state index in [-0.39, 0.29) is 30.7 Å². The number of aryl methyl sites for hydroxylation is 1. The summed E-state index contributed by atoms with van der Waals surface area (Å²) >= 11 is 1.59. The molecule has 3 atom stereocenters. The summed E-state index contributed by atoms with van der Waals surface area (Å²) in [7, 11) is 0. The normalized spacial score (nSPS) is 20.0. The zero-order valence-corrected chi connectivity index (χ0v) is 27.5. The van der Waals surface area contributed by atoms with Gasteiger partial charge in [0, 0.05) is 52.1 Å². The summed E-state index contributed by atoms with van der Waals surface area (Å²) in [5.74, 6) is -0.793. The van der Waals surface area contributed by atoms with E-state index >= 15 is 0 Å². The Bertz CT molecular complexity index is 1240. The Morgan fingerprint density at radius 3 is 2.45 bits per heavy atom. The van der Waals surface area contributed by atoms with Gasteiger partial charge in [0.05, 0.1) is 22.2 Å². The van der Waals surface area contributed by atoms with Gasteiger partial charge in [-0.25, -0.2) is 4.98 Å². The standard InChI is InChI=1S/C33H50N6O4S/c1-23-29(44-22-36-23)25-12-10-24(11-13-25)20-35-31(42)27-19-26(40)21-39(27)32(43)30(33(2,3)4)37-28(41)9-7-5-6-8-16-38-17-14-34-15-18-38/h10-13,22,26-27,30,34,40H,5-9,14-21H2,1-4H3,(H,35,42)(H,37,41)/t26-,27+,30-/m1/s1. The monoisotopic (exact) mass is 626 g/mol. The lowest BCUT2D eigenvalue weighted by Gasteiger charge is -2.35. The molecule has 3 heterocycles. The van der Waals surface area contributed by atoms with Crippen molar-refractivity contribution in [3.63, 3.8) is 0 Å². The minimum absolute atomic E-state index is 0.0648. The number of likely N-dealkylation sites (tertiary alicyclic amines) is 1. The molecule has 242 valence electrons. The molecule has 3 amide bonds. The molecule has 0 bridgehead atoms. The number of unbranched alkanes of at least 4 members (excludes halogenated alkanes) is 3. The number of β-amino-alcohol motifs (C(OH)–C–C–N with tert-alkyl or cyclic N) is 1. The number of amides is 3. The Morgan fingerprint density at radius 1 is 1.09 bits per heavy atom. The van der Waals surface area contributed by atoms with E-state index in [0.717, 1.165) is 80.1 Å². The summed E-state index contributed by atoms with van der Waals surface area (Å²) in [5.41, 5.74) is 4.26. The number of piperazine rings is 1. The van der Waals surface area contributed by atoms with Crippen LogP contribution in [0.15, 0.2) is 29.8 Å². The van der Waals surface area contributed by atoms with Gasteiger partial charge in [-0.15, -0.1) is 11.3 Å². The molecular formula is C33H50N6O4S. The first-order chi connectivity index (χ1) is 21.0. The van der Waals surface area contributed by atoms with Crippen molar-refractivity contribution >= 4 is 29.1 Å². The molecule has 2 saturated heterocycles. The van der Waals surface area contributed by atoms with E-state index in [2.05, 4.69) is 25.8 Å². The lowest BCUT2D eigenvalue weighted by Crippen LogP contribution is -2.57. The van der Waals surface area contributed by atoms with Gasteiger partial charge in [-0.05, 0) is 42.9 Å². The van der Waals surface area contributed by atoms with Crippen molar-refractivity contribution in [3.05, 3.63) is 41.0 Å². The molecule has 2 aromatic rings. The summed E-state index contributed by atoms with van der Waals surface area (Å²) in [5, 5.41) is 19.7. The van der Waals surface area contributed by atoms with Gasteiger partial charge in [-0.2, -0.15) is 0 Å². The lowest BCUT2D eigenvalue weighted by atomic mass is 9.85. The zero-order chi connectivity index (χ0) is 31.7. The second-order valence-electron chi connectivity index (χ2n) is 13.2. The number of aliphatic hydroxyl groups excluding tert-OH is 1. The number of nitrogens with zero attached hydrogens (tertiary/aromatic N) is 3. The quantitative estimate of drug-likeness (QED) is 0.252. The number of hydrogen-bond acceptors (Lipinski definition) is 8. The van der Waals surface area contributed by atoms with Crippen LogP contribution < -0.4 is 16.0 Å². The predicted molar refractivity (Wildman–Crippen MR) is 174 cm³/mol. The molecule has 2 fully saturated rings. The molecule has 0 saturated carbocycles. The van der Waals surface area contributed by atoms with Gasteiger partial charge in [0.25, 0.3) is 0 Å². The maximum Gasteiger partial charge on any atom is 0.246 e. The van der Waals surface area contributed by atoms with E-state index in [4.69, 9.17) is 0 Å². The Labute approximate surface area is 266 Å². The van der Waals surface area contributed by atoms with Crippen LogP contribution in [0.2, 0.25) is 0 Å². The second-order valence-corrected chi connectivity index (χ2v) is 14.1. The highest BCUT2D eigenvalue weighted by Gasteiger charge is 2.44. The molecule has 4 N–H and O–H groups in total. The van der Waals surface area contributed by atoms with Crippen LogP contribution in [-0.4, -0.2) is 95.1 Å². The van der Waals surface area contributed by atoms with Crippen molar-refractivity contribution < 1.29 is 19.5 Å². The summed E-state index contributed by atoms with van der Waals surface area (Å²) in [4.78, 5) is 49.4. The molecule has 0 unspecified atom stereocenters. The lowest BCUT2D eigenvalue weighted by molar-refractivity contribution is -0.144. The molecule has 4 rings (SSSR count). The van der Waals surface area contributed by atoms with Crippen molar-refractivity contribution in [2.75, 3.05) is 39.3 Å². The molecular weight excluding hydrogens is 576 g/mol. The van der Waals surface area contributed by atoms with Gasteiger partial charge in [-0.3, -0.25) is 14.4 Å². The van der Waals surface area contributed by atoms with Gasteiger partial charge < -0.3 is 30.9 Å². The summed E-state index contributed by atoms with van der Waals surface area (Å²) in [6, 6.07) is 6.38. The van der Waals surface area contributed by atoms with Crippen LogP contribution >= 0.6 is 11.3 Å². The Hall–Kier alpha value is -2.86. The number of thiazole rings is 1. The van der Waals surface area contributed by atoms with E-state index in [9.17, 15) is 19.5 Å². The fourth-order valence-corrected chi connectivity index (χ4v) is 6.73. The van der Waals surface area contributed by atoms with Gasteiger partial charge in [0.1, 0.15) is 12.1 Å². The fraction of sp³-hybridized carbons (Fsp3) is 0.636. The highest BCUT2D eigenvalue weighted by Crippen LogP contribution is 2.28. The number of aliphatic hydroxyl groups is 1. The molecule has 0 spiro atoms. The van der Waals surface area contributed by atoms with E-state index < -0.39 is 23.6 Å². The van der Waals surface area contributed by atoms with Crippen LogP contribution in [0.1, 0.15) is 70.6 Å². The third kappa shape index (κ3) is 9.57. The summed E-state index contributed by atoms with van der Waals surface area (Å²) < 4.78 is 0. The van der Waals surface area contributed by atoms with Gasteiger partial charge in [-0.1, -0.05) is 57.9 Å². The SMILES string of the molecule is Cc1ncsc1-c1ccc(CNC(=O)[C@@H]2C[C@@H](O)CN2C(=O)[C@@H](NC(=O)CCCCCCN2CCNCC2)C(C)(C)C)cc1. The van der Waals surface area contributed by atoms with Crippen molar-refractivity contribution in [1.29, 1.82) is 0 Å². The average Bonchev–Trinajstić information content (AvgIpc) is 3.61. The third-order valence-electron chi connectivity index (χ3n) is 8.55. The fourth-order valence-electron chi connectivity index (χ4n) is 5.92. The van der Waals surface area contributed by atoms with Crippen molar-refractivity contribution in [1.82, 2.24) is 30.7 Å². The van der Waals surface area contributed by atoms with E-state index in [1.165, 1.54) is 4.90 Å². The van der Waals surface area contributed by atoms with Crippen LogP contribution in [0.4, 0.5) is 0 Å². The first-order valence-electron chi connectivity index (χ1n) is 16.0. The molecule has 10 nitrogen and oxygen atoms in total. The Kier molecular flexibility index (Phi) is 12.3. The topological polar surface area (TPSA) is 127 Å². The maximum atomic E-state index is 13.8. The Balaban J connectivity index is 1.27. The average molecular weight is 627 g/mol. The summed E-state index contributed by atoms with van der Waals surface area (Å²) in [6.45, 7) is 13.5. The molecule has 2 aliphatic rings. The van der Waals surface area contributed by atoms with Crippen LogP contribution in [0, 0.1) is 12.3 Å². The van der Waals surface area contributed by atoms with Crippen LogP contribution in [0.5, 0.6) is 0 Å². The van der Waals surface area contributed by atoms with E-state index in [1.54, 1.807) is 11.3 Å². The van der Waals surface area contributed by atoms with Crippen LogP contribution in [0.3, 0.4) is 0 Å². The molecule has 0 aliphatic carbocycles. The zero-order valence-electron chi connectivity index (χ0n) is 26.7. The molecule has 1 aromatic carbocycles. The number of nitrogens with one attached hydrogen (secondary N) is 3. The van der Waals surface area contributed by atoms with Crippen molar-refractivity contribution in [3.8, 4) is 10.4 Å². The van der Waals surface area contributed by atoms with Gasteiger partial charge >= 0.3 is 0 Å². The Morgan fingerprint density at radius 2 is 1.80 bits per heavy atom. The summed E-state index contributed by atoms with van der Waals surface area (Å²) in [6.07, 6.45) is 3.69. The second kappa shape index (κ2) is 15.9. The first-order valence-corrected chi connectivity index (χ1v) is 16.9. The smallest absolute Gasteiger partial charge is 0.246 e. The largest absolute Gasteiger partial charge is 0.391 e. The van der Waals surface area contributed by atoms with Crippen LogP contribution in [-0.2, 0) is 20.9 Å². The van der Waals surface area contributed by atoms with Crippen molar-refractivity contribution in [2.24, 2.45) is 5.41 Å². The number of rotatable bonds is 13. The highest BCUT2D eigenvalue weighted by atomic mass is 32.1. The molecule has 0 radical (unpaired) electrons. The minimum atomic E-state index is -0.800. The molecule has 2 aliphatic heterocycles. The van der Waals surface area contributed by atoms with Crippen molar-refractivity contribution in [2.45, 2.75) is 91.0 Å². The van der Waals surface area contributed by atoms with Gasteiger partial charge in [0.15, 0.2) is 0 Å².